The Morgan fingerprint density at radius 1 is 1.53 bits per heavy atom. The summed E-state index contributed by atoms with van der Waals surface area (Å²) in [7, 11) is 0. The molecule has 0 atom stereocenters. The van der Waals surface area contributed by atoms with E-state index >= 15 is 0 Å². The van der Waals surface area contributed by atoms with Crippen LogP contribution in [-0.2, 0) is 16.0 Å². The molecule has 2 N–H and O–H groups in total. The Hall–Kier alpha value is -1.43. The fourth-order valence-electron chi connectivity index (χ4n) is 2.21. The maximum atomic E-state index is 11.8. The van der Waals surface area contributed by atoms with E-state index in [1.807, 2.05) is 12.3 Å². The van der Waals surface area contributed by atoms with E-state index in [0.29, 0.717) is 25.7 Å². The van der Waals surface area contributed by atoms with E-state index < -0.39 is 11.5 Å². The number of carbonyl (C=O) groups is 2. The number of carboxylic acids is 1. The molecule has 104 valence electrons. The van der Waals surface area contributed by atoms with Gasteiger partial charge in [0.05, 0.1) is 10.7 Å². The summed E-state index contributed by atoms with van der Waals surface area (Å²) in [6, 6.07) is 0. The van der Waals surface area contributed by atoms with Crippen molar-refractivity contribution in [2.24, 2.45) is 0 Å². The first-order valence-corrected chi connectivity index (χ1v) is 7.35. The molecule has 1 saturated carbocycles. The maximum Gasteiger partial charge on any atom is 0.329 e. The molecule has 1 amide bonds. The molecule has 1 aliphatic carbocycles. The lowest BCUT2D eigenvalue weighted by Gasteiger charge is -2.38. The Balaban J connectivity index is 1.74. The molecular formula is C13H18N2O3S. The summed E-state index contributed by atoms with van der Waals surface area (Å²) in [6.07, 6.45) is 3.76. The van der Waals surface area contributed by atoms with Crippen LogP contribution in [0.1, 0.15) is 42.8 Å². The number of thiazole rings is 1. The van der Waals surface area contributed by atoms with E-state index in [1.165, 1.54) is 0 Å². The Labute approximate surface area is 116 Å². The fraction of sp³-hybridized carbons (Fsp3) is 0.615. The van der Waals surface area contributed by atoms with Gasteiger partial charge in [0.2, 0.25) is 5.91 Å². The SMILES string of the molecule is Cc1nc(CCCC(=O)NC2(C(=O)O)CCC2)cs1. The summed E-state index contributed by atoms with van der Waals surface area (Å²) in [5, 5.41) is 14.8. The summed E-state index contributed by atoms with van der Waals surface area (Å²) in [5.74, 6) is -1.09. The number of hydrogen-bond donors (Lipinski definition) is 2. The van der Waals surface area contributed by atoms with E-state index in [0.717, 1.165) is 23.5 Å². The maximum absolute atomic E-state index is 11.8. The summed E-state index contributed by atoms with van der Waals surface area (Å²) in [5.41, 5.74) is 0.0146. The molecule has 0 bridgehead atoms. The summed E-state index contributed by atoms with van der Waals surface area (Å²) in [6.45, 7) is 1.95. The molecule has 0 spiro atoms. The number of hydrogen-bond acceptors (Lipinski definition) is 4. The molecule has 0 unspecified atom stereocenters. The number of aromatic nitrogens is 1. The van der Waals surface area contributed by atoms with Crippen LogP contribution in [0.4, 0.5) is 0 Å². The number of aliphatic carboxylic acids is 1. The lowest BCUT2D eigenvalue weighted by molar-refractivity contribution is -0.151. The average Bonchev–Trinajstić information content (AvgIpc) is 2.69. The van der Waals surface area contributed by atoms with Crippen molar-refractivity contribution in [3.63, 3.8) is 0 Å². The summed E-state index contributed by atoms with van der Waals surface area (Å²) < 4.78 is 0. The minimum Gasteiger partial charge on any atom is -0.480 e. The number of nitrogens with one attached hydrogen (secondary N) is 1. The molecule has 19 heavy (non-hydrogen) atoms. The number of carbonyl (C=O) groups excluding carboxylic acids is 1. The van der Waals surface area contributed by atoms with E-state index in [1.54, 1.807) is 11.3 Å². The number of nitrogens with zero attached hydrogens (tertiary/aromatic N) is 1. The molecule has 1 aliphatic rings. The summed E-state index contributed by atoms with van der Waals surface area (Å²) >= 11 is 1.60. The van der Waals surface area contributed by atoms with Crippen LogP contribution >= 0.6 is 11.3 Å². The predicted molar refractivity (Wildman–Crippen MR) is 72.1 cm³/mol. The Kier molecular flexibility index (Phi) is 4.19. The number of carboxylic acid groups (broad SMARTS) is 1. The number of rotatable bonds is 6. The zero-order valence-electron chi connectivity index (χ0n) is 10.9. The molecular weight excluding hydrogens is 264 g/mol. The van der Waals surface area contributed by atoms with E-state index in [9.17, 15) is 9.59 Å². The third-order valence-electron chi connectivity index (χ3n) is 3.50. The highest BCUT2D eigenvalue weighted by Crippen LogP contribution is 2.32. The monoisotopic (exact) mass is 282 g/mol. The van der Waals surface area contributed by atoms with Crippen molar-refractivity contribution in [2.75, 3.05) is 0 Å². The largest absolute Gasteiger partial charge is 0.480 e. The molecule has 1 heterocycles. The average molecular weight is 282 g/mol. The van der Waals surface area contributed by atoms with E-state index in [-0.39, 0.29) is 5.91 Å². The molecule has 1 fully saturated rings. The standard InChI is InChI=1S/C13H18N2O3S/c1-9-14-10(8-19-9)4-2-5-11(16)15-13(12(17)18)6-3-7-13/h8H,2-7H2,1H3,(H,15,16)(H,17,18). The van der Waals surface area contributed by atoms with Gasteiger partial charge in [0.15, 0.2) is 0 Å². The van der Waals surface area contributed by atoms with Crippen LogP contribution in [0.25, 0.3) is 0 Å². The number of aryl methyl sites for hydroxylation is 2. The van der Waals surface area contributed by atoms with Gasteiger partial charge in [-0.2, -0.15) is 0 Å². The van der Waals surface area contributed by atoms with Crippen LogP contribution in [0.2, 0.25) is 0 Å². The van der Waals surface area contributed by atoms with Crippen LogP contribution in [-0.4, -0.2) is 27.5 Å². The third kappa shape index (κ3) is 3.32. The molecule has 6 heteroatoms. The van der Waals surface area contributed by atoms with Crippen molar-refractivity contribution in [2.45, 2.75) is 51.0 Å². The van der Waals surface area contributed by atoms with Crippen molar-refractivity contribution >= 4 is 23.2 Å². The molecule has 0 aliphatic heterocycles. The first kappa shape index (κ1) is 14.0. The minimum absolute atomic E-state index is 0.172. The van der Waals surface area contributed by atoms with Gasteiger partial charge in [-0.05, 0) is 39.0 Å². The van der Waals surface area contributed by atoms with E-state index in [4.69, 9.17) is 5.11 Å². The molecule has 0 saturated heterocycles. The first-order chi connectivity index (χ1) is 9.02. The van der Waals surface area contributed by atoms with Crippen molar-refractivity contribution in [1.82, 2.24) is 10.3 Å². The molecule has 2 rings (SSSR count). The van der Waals surface area contributed by atoms with Gasteiger partial charge in [-0.1, -0.05) is 0 Å². The highest BCUT2D eigenvalue weighted by Gasteiger charge is 2.45. The second-order valence-corrected chi connectivity index (χ2v) is 6.06. The molecule has 5 nitrogen and oxygen atoms in total. The Bertz CT molecular complexity index is 480. The highest BCUT2D eigenvalue weighted by atomic mass is 32.1. The van der Waals surface area contributed by atoms with E-state index in [2.05, 4.69) is 10.3 Å². The second-order valence-electron chi connectivity index (χ2n) is 5.00. The molecule has 1 aromatic heterocycles. The topological polar surface area (TPSA) is 79.3 Å². The molecule has 1 aromatic rings. The lowest BCUT2D eigenvalue weighted by Crippen LogP contribution is -2.59. The van der Waals surface area contributed by atoms with Gasteiger partial charge >= 0.3 is 5.97 Å². The highest BCUT2D eigenvalue weighted by molar-refractivity contribution is 7.09. The van der Waals surface area contributed by atoms with Crippen LogP contribution in [0, 0.1) is 6.92 Å². The quantitative estimate of drug-likeness (QED) is 0.835. The Morgan fingerprint density at radius 3 is 2.74 bits per heavy atom. The van der Waals surface area contributed by atoms with Crippen LogP contribution in [0.3, 0.4) is 0 Å². The van der Waals surface area contributed by atoms with Crippen molar-refractivity contribution in [3.8, 4) is 0 Å². The second kappa shape index (κ2) is 5.69. The predicted octanol–water partition coefficient (Wildman–Crippen LogP) is 1.90. The zero-order chi connectivity index (χ0) is 13.9. The van der Waals surface area contributed by atoms with Crippen LogP contribution in [0.5, 0.6) is 0 Å². The fourth-order valence-corrected chi connectivity index (χ4v) is 2.85. The molecule has 0 aromatic carbocycles. The van der Waals surface area contributed by atoms with Gasteiger partial charge in [0.25, 0.3) is 0 Å². The van der Waals surface area contributed by atoms with Crippen molar-refractivity contribution in [1.29, 1.82) is 0 Å². The van der Waals surface area contributed by atoms with Gasteiger partial charge in [0, 0.05) is 11.8 Å². The van der Waals surface area contributed by atoms with Crippen molar-refractivity contribution < 1.29 is 14.7 Å². The van der Waals surface area contributed by atoms with Gasteiger partial charge in [0.1, 0.15) is 5.54 Å². The zero-order valence-corrected chi connectivity index (χ0v) is 11.8. The van der Waals surface area contributed by atoms with Gasteiger partial charge < -0.3 is 10.4 Å². The number of amides is 1. The van der Waals surface area contributed by atoms with Crippen LogP contribution < -0.4 is 5.32 Å². The lowest BCUT2D eigenvalue weighted by atomic mass is 9.76. The summed E-state index contributed by atoms with van der Waals surface area (Å²) in [4.78, 5) is 27.2. The van der Waals surface area contributed by atoms with Crippen molar-refractivity contribution in [3.05, 3.63) is 16.1 Å². The minimum atomic E-state index is -0.992. The molecule has 0 radical (unpaired) electrons. The Morgan fingerprint density at radius 2 is 2.26 bits per heavy atom. The van der Waals surface area contributed by atoms with Gasteiger partial charge in [-0.3, -0.25) is 4.79 Å². The normalized spacial score (nSPS) is 16.7. The van der Waals surface area contributed by atoms with Crippen LogP contribution in [0.15, 0.2) is 5.38 Å². The smallest absolute Gasteiger partial charge is 0.329 e. The van der Waals surface area contributed by atoms with Gasteiger partial charge in [-0.25, -0.2) is 9.78 Å². The van der Waals surface area contributed by atoms with Gasteiger partial charge in [-0.15, -0.1) is 11.3 Å². The third-order valence-corrected chi connectivity index (χ3v) is 4.32. The first-order valence-electron chi connectivity index (χ1n) is 6.47.